The van der Waals surface area contributed by atoms with E-state index in [1.54, 1.807) is 0 Å². The Morgan fingerprint density at radius 3 is 1.18 bits per heavy atom. The zero-order valence-electron chi connectivity index (χ0n) is 42.9. The quantitative estimate of drug-likeness (QED) is 0.0346. The molecule has 66 heavy (non-hydrogen) atoms. The van der Waals surface area contributed by atoms with Crippen LogP contribution in [0.2, 0.25) is 0 Å². The molecular weight excluding hydrogens is 813 g/mol. The minimum absolute atomic E-state index is 0.0287. The van der Waals surface area contributed by atoms with Crippen LogP contribution in [0.25, 0.3) is 0 Å². The molecule has 0 amide bonds. The minimum Gasteiger partial charge on any atom is -0.462 e. The first kappa shape index (κ1) is 62.3. The molecule has 0 spiro atoms. The molecule has 0 saturated carbocycles. The Hall–Kier alpha value is -3.70. The van der Waals surface area contributed by atoms with Gasteiger partial charge in [-0.15, -0.1) is 0 Å². The first-order valence-electron chi connectivity index (χ1n) is 27.1. The van der Waals surface area contributed by atoms with Crippen molar-refractivity contribution in [3.63, 3.8) is 0 Å². The Morgan fingerprint density at radius 1 is 0.364 bits per heavy atom. The Kier molecular flexibility index (Phi) is 52.5. The summed E-state index contributed by atoms with van der Waals surface area (Å²) in [6.07, 6.45) is 78.1. The van der Waals surface area contributed by atoms with Crippen molar-refractivity contribution in [2.45, 2.75) is 232 Å². The van der Waals surface area contributed by atoms with Crippen molar-refractivity contribution in [1.82, 2.24) is 0 Å². The van der Waals surface area contributed by atoms with E-state index in [1.807, 2.05) is 12.2 Å². The van der Waals surface area contributed by atoms with Gasteiger partial charge in [0.2, 0.25) is 0 Å². The van der Waals surface area contributed by atoms with E-state index in [-0.39, 0.29) is 31.6 Å². The smallest absolute Gasteiger partial charge is 0.310 e. The molecule has 1 unspecified atom stereocenters. The van der Waals surface area contributed by atoms with Crippen LogP contribution in [0.4, 0.5) is 0 Å². The van der Waals surface area contributed by atoms with E-state index in [1.165, 1.54) is 96.3 Å². The lowest BCUT2D eigenvalue weighted by Crippen LogP contribution is -2.29. The lowest BCUT2D eigenvalue weighted by Gasteiger charge is -2.18. The van der Waals surface area contributed by atoms with Gasteiger partial charge in [-0.25, -0.2) is 0 Å². The third kappa shape index (κ3) is 52.9. The first-order valence-corrected chi connectivity index (χ1v) is 27.1. The fourth-order valence-corrected chi connectivity index (χ4v) is 7.04. The molecular formula is C61H100O5. The summed E-state index contributed by atoms with van der Waals surface area (Å²) >= 11 is 0. The maximum atomic E-state index is 12.8. The van der Waals surface area contributed by atoms with Gasteiger partial charge in [0.1, 0.15) is 6.61 Å². The molecule has 5 heteroatoms. The number of allylic oxidation sites excluding steroid dienone is 19. The Labute approximate surface area is 407 Å². The van der Waals surface area contributed by atoms with Crippen LogP contribution in [0, 0.1) is 0 Å². The zero-order chi connectivity index (χ0) is 47.7. The fraction of sp³-hybridized carbons (Fsp3) is 0.639. The molecule has 0 aromatic carbocycles. The lowest BCUT2D eigenvalue weighted by molar-refractivity contribution is -0.162. The largest absolute Gasteiger partial charge is 0.462 e. The van der Waals surface area contributed by atoms with E-state index in [0.29, 0.717) is 13.0 Å². The third-order valence-electron chi connectivity index (χ3n) is 11.0. The topological polar surface area (TPSA) is 61.8 Å². The van der Waals surface area contributed by atoms with Gasteiger partial charge >= 0.3 is 11.9 Å². The molecule has 0 bridgehead atoms. The summed E-state index contributed by atoms with van der Waals surface area (Å²) in [5, 5.41) is 0. The van der Waals surface area contributed by atoms with Gasteiger partial charge in [0.25, 0.3) is 0 Å². The zero-order valence-corrected chi connectivity index (χ0v) is 42.9. The van der Waals surface area contributed by atoms with E-state index in [4.69, 9.17) is 14.2 Å². The number of rotatable bonds is 48. The van der Waals surface area contributed by atoms with Crippen molar-refractivity contribution in [2.24, 2.45) is 0 Å². The second kappa shape index (κ2) is 55.6. The lowest BCUT2D eigenvalue weighted by atomic mass is 10.1. The van der Waals surface area contributed by atoms with Gasteiger partial charge < -0.3 is 14.2 Å². The summed E-state index contributed by atoms with van der Waals surface area (Å²) in [7, 11) is 0. The second-order valence-electron chi connectivity index (χ2n) is 17.4. The molecule has 0 radical (unpaired) electrons. The van der Waals surface area contributed by atoms with Crippen LogP contribution in [0.5, 0.6) is 0 Å². The van der Waals surface area contributed by atoms with E-state index in [2.05, 4.69) is 130 Å². The Bertz CT molecular complexity index is 1350. The van der Waals surface area contributed by atoms with Crippen molar-refractivity contribution in [2.75, 3.05) is 19.8 Å². The van der Waals surface area contributed by atoms with Gasteiger partial charge in [0.05, 0.1) is 13.0 Å². The molecule has 374 valence electrons. The summed E-state index contributed by atoms with van der Waals surface area (Å²) in [4.78, 5) is 25.4. The van der Waals surface area contributed by atoms with Gasteiger partial charge in [0, 0.05) is 13.0 Å². The minimum atomic E-state index is -0.611. The van der Waals surface area contributed by atoms with Crippen molar-refractivity contribution >= 4 is 11.9 Å². The Balaban J connectivity index is 4.44. The van der Waals surface area contributed by atoms with Gasteiger partial charge in [-0.1, -0.05) is 226 Å². The van der Waals surface area contributed by atoms with Crippen LogP contribution in [0.3, 0.4) is 0 Å². The number of hydrogen-bond acceptors (Lipinski definition) is 5. The molecule has 0 N–H and O–H groups in total. The molecule has 0 saturated heterocycles. The highest BCUT2D eigenvalue weighted by Gasteiger charge is 2.17. The van der Waals surface area contributed by atoms with E-state index in [0.717, 1.165) is 96.3 Å². The molecule has 0 aromatic heterocycles. The molecule has 0 aliphatic heterocycles. The number of unbranched alkanes of at least 4 members (excludes halogenated alkanes) is 18. The van der Waals surface area contributed by atoms with Crippen LogP contribution < -0.4 is 0 Å². The van der Waals surface area contributed by atoms with Crippen LogP contribution >= 0.6 is 0 Å². The standard InChI is InChI=1S/C61H100O5/c1-4-7-10-13-16-19-22-25-28-30-32-35-38-41-44-47-50-53-56-64-57-59(66-61(63)55-52-49-46-43-40-37-33-27-24-21-18-15-12-9-6-3)58-65-60(62)54-51-48-45-42-39-36-34-31-29-26-23-20-17-14-11-8-5-2/h7,9-10,12,16,18-19,21,25-29,32-33,35,40,43,49,52,59H,4-6,8,11,13-15,17,20,22-24,30-31,34,36-39,41-42,44-48,50-51,53-58H2,1-3H3/b10-7-,12-9-,19-16-,21-18-,28-25-,29-26-,33-27-,35-32-,43-40-,52-49-. The monoisotopic (exact) mass is 913 g/mol. The molecule has 0 fully saturated rings. The van der Waals surface area contributed by atoms with Gasteiger partial charge in [-0.3, -0.25) is 9.59 Å². The molecule has 5 nitrogen and oxygen atoms in total. The molecule has 0 aromatic rings. The van der Waals surface area contributed by atoms with Gasteiger partial charge in [-0.05, 0) is 109 Å². The highest BCUT2D eigenvalue weighted by Crippen LogP contribution is 2.13. The van der Waals surface area contributed by atoms with E-state index in [9.17, 15) is 9.59 Å². The summed E-state index contributed by atoms with van der Waals surface area (Å²) in [5.74, 6) is -0.564. The predicted octanol–water partition coefficient (Wildman–Crippen LogP) is 18.6. The molecule has 0 rings (SSSR count). The third-order valence-corrected chi connectivity index (χ3v) is 11.0. The second-order valence-corrected chi connectivity index (χ2v) is 17.4. The van der Waals surface area contributed by atoms with Crippen molar-refractivity contribution in [1.29, 1.82) is 0 Å². The molecule has 0 aliphatic carbocycles. The highest BCUT2D eigenvalue weighted by molar-refractivity contribution is 5.71. The summed E-state index contributed by atoms with van der Waals surface area (Å²) in [6.45, 7) is 7.44. The number of hydrogen-bond donors (Lipinski definition) is 0. The summed E-state index contributed by atoms with van der Waals surface area (Å²) < 4.78 is 17.3. The van der Waals surface area contributed by atoms with Crippen LogP contribution in [0.1, 0.15) is 226 Å². The van der Waals surface area contributed by atoms with Crippen molar-refractivity contribution < 1.29 is 23.8 Å². The SMILES string of the molecule is CC/C=C\C/C=C\C/C=C\C/C=C\C/C=C\CC(=O)OC(COCCCCCCC/C=C\C/C=C\C/C=C\C/C=C\CC)COC(=O)CCCCCCCCC/C=C\CCCCCCCC. The summed E-state index contributed by atoms with van der Waals surface area (Å²) in [6, 6.07) is 0. The number of esters is 2. The first-order chi connectivity index (χ1) is 32.6. The van der Waals surface area contributed by atoms with E-state index < -0.39 is 6.10 Å². The van der Waals surface area contributed by atoms with Gasteiger partial charge in [0.15, 0.2) is 6.10 Å². The normalized spacial score (nSPS) is 13.2. The van der Waals surface area contributed by atoms with E-state index >= 15 is 0 Å². The average molecular weight is 913 g/mol. The molecule has 0 aliphatic rings. The predicted molar refractivity (Wildman–Crippen MR) is 288 cm³/mol. The van der Waals surface area contributed by atoms with Crippen LogP contribution in [-0.2, 0) is 23.8 Å². The highest BCUT2D eigenvalue weighted by atomic mass is 16.6. The molecule has 0 heterocycles. The molecule has 1 atom stereocenters. The maximum Gasteiger partial charge on any atom is 0.310 e. The Morgan fingerprint density at radius 2 is 0.727 bits per heavy atom. The van der Waals surface area contributed by atoms with Gasteiger partial charge in [-0.2, -0.15) is 0 Å². The maximum absolute atomic E-state index is 12.8. The summed E-state index contributed by atoms with van der Waals surface area (Å²) in [5.41, 5.74) is 0. The average Bonchev–Trinajstić information content (AvgIpc) is 3.32. The number of carbonyl (C=O) groups excluding carboxylic acids is 2. The van der Waals surface area contributed by atoms with Crippen molar-refractivity contribution in [3.05, 3.63) is 122 Å². The number of ether oxygens (including phenoxy) is 3. The number of carbonyl (C=O) groups is 2. The van der Waals surface area contributed by atoms with Crippen LogP contribution in [-0.4, -0.2) is 37.9 Å². The van der Waals surface area contributed by atoms with Crippen molar-refractivity contribution in [3.8, 4) is 0 Å². The fourth-order valence-electron chi connectivity index (χ4n) is 7.04. The van der Waals surface area contributed by atoms with Crippen LogP contribution in [0.15, 0.2) is 122 Å².